The number of thiol groups is 1. The van der Waals surface area contributed by atoms with E-state index in [-0.39, 0.29) is 0 Å². The minimum atomic E-state index is -1.80. The summed E-state index contributed by atoms with van der Waals surface area (Å²) in [5, 5.41) is 0. The average Bonchev–Trinajstić information content (AvgIpc) is 2.57. The summed E-state index contributed by atoms with van der Waals surface area (Å²) in [6, 6.07) is 4.31. The van der Waals surface area contributed by atoms with Crippen molar-refractivity contribution < 1.29 is 4.79 Å². The van der Waals surface area contributed by atoms with Gasteiger partial charge in [-0.2, -0.15) is 0 Å². The van der Waals surface area contributed by atoms with Crippen LogP contribution in [-0.4, -0.2) is 16.8 Å². The molecule has 0 N–H and O–H groups in total. The van der Waals surface area contributed by atoms with Crippen molar-refractivity contribution in [1.82, 2.24) is 0 Å². The summed E-state index contributed by atoms with van der Waals surface area (Å²) in [4.78, 5) is 13.5. The molecule has 3 rings (SSSR count). The number of rotatable bonds is 2. The van der Waals surface area contributed by atoms with Crippen LogP contribution in [0.5, 0.6) is 0 Å². The number of carbonyl (C=O) groups excluding carboxylic acids is 1. The number of hydrogen-bond acceptors (Lipinski definition) is 2. The molecule has 1 aromatic carbocycles. The van der Waals surface area contributed by atoms with Crippen LogP contribution in [0, 0.1) is 20.8 Å². The highest BCUT2D eigenvalue weighted by Crippen LogP contribution is 2.80. The summed E-state index contributed by atoms with van der Waals surface area (Å²) in [6.45, 7) is 4.48. The second-order valence-electron chi connectivity index (χ2n) is 6.99. The Hall–Kier alpha value is -0.330. The zero-order valence-corrected chi connectivity index (χ0v) is 15.1. The summed E-state index contributed by atoms with van der Waals surface area (Å²) in [6.07, 6.45) is 7.51. The van der Waals surface area contributed by atoms with Crippen molar-refractivity contribution in [2.24, 2.45) is 0 Å². The van der Waals surface area contributed by atoms with Crippen LogP contribution in [0.3, 0.4) is 0 Å². The Labute approximate surface area is 134 Å². The van der Waals surface area contributed by atoms with Crippen LogP contribution in [0.2, 0.25) is 0 Å². The zero-order valence-electron chi connectivity index (χ0n) is 13.4. The van der Waals surface area contributed by atoms with Crippen molar-refractivity contribution >= 4 is 24.2 Å². The van der Waals surface area contributed by atoms with E-state index in [9.17, 15) is 4.79 Å². The second-order valence-corrected chi connectivity index (χ2v) is 12.3. The van der Waals surface area contributed by atoms with Gasteiger partial charge >= 0.3 is 5.52 Å². The van der Waals surface area contributed by atoms with E-state index in [0.717, 1.165) is 16.7 Å². The van der Waals surface area contributed by atoms with E-state index in [1.807, 2.05) is 0 Å². The molecule has 21 heavy (non-hydrogen) atoms. The fourth-order valence-electron chi connectivity index (χ4n) is 4.55. The molecule has 3 heteroatoms. The van der Waals surface area contributed by atoms with Crippen molar-refractivity contribution in [2.45, 2.75) is 70.6 Å². The minimum absolute atomic E-state index is 0.412. The summed E-state index contributed by atoms with van der Waals surface area (Å²) in [5.74, 6) is 0. The molecule has 2 heterocycles. The molecule has 0 radical (unpaired) electrons. The Morgan fingerprint density at radius 3 is 1.95 bits per heavy atom. The third-order valence-electron chi connectivity index (χ3n) is 5.49. The highest BCUT2D eigenvalue weighted by Gasteiger charge is 2.61. The lowest BCUT2D eigenvalue weighted by Crippen LogP contribution is -2.19. The lowest BCUT2D eigenvalue weighted by Gasteiger charge is -2.25. The maximum Gasteiger partial charge on any atom is 0.310 e. The summed E-state index contributed by atoms with van der Waals surface area (Å²) >= 11 is 5.16. The molecule has 114 valence electrons. The summed E-state index contributed by atoms with van der Waals surface area (Å²) in [5.41, 5.74) is 6.11. The van der Waals surface area contributed by atoms with Gasteiger partial charge in [0.25, 0.3) is 0 Å². The number of fused-ring (bicyclic) bond motifs is 2. The van der Waals surface area contributed by atoms with E-state index in [1.165, 1.54) is 44.1 Å². The van der Waals surface area contributed by atoms with Crippen molar-refractivity contribution in [3.05, 3.63) is 34.4 Å². The maximum absolute atomic E-state index is 13.5. The quantitative estimate of drug-likeness (QED) is 0.544. The lowest BCUT2D eigenvalue weighted by atomic mass is 10.0. The van der Waals surface area contributed by atoms with E-state index in [1.54, 1.807) is 0 Å². The smallest absolute Gasteiger partial charge is 0.246 e. The largest absolute Gasteiger partial charge is 0.310 e. The van der Waals surface area contributed by atoms with Crippen LogP contribution in [-0.2, 0) is 0 Å². The van der Waals surface area contributed by atoms with E-state index < -0.39 is 6.46 Å². The first kappa shape index (κ1) is 15.6. The Balaban J connectivity index is 2.05. The van der Waals surface area contributed by atoms with Crippen LogP contribution in [0.15, 0.2) is 12.1 Å². The molecule has 2 bridgehead atoms. The van der Waals surface area contributed by atoms with Gasteiger partial charge in [0, 0.05) is 12.2 Å². The molecule has 2 unspecified atom stereocenters. The van der Waals surface area contributed by atoms with Crippen LogP contribution < -0.4 is 0 Å². The summed E-state index contributed by atoms with van der Waals surface area (Å²) in [7, 11) is 0. The van der Waals surface area contributed by atoms with Crippen molar-refractivity contribution in [1.29, 1.82) is 0 Å². The van der Waals surface area contributed by atoms with Crippen LogP contribution in [0.25, 0.3) is 0 Å². The summed E-state index contributed by atoms with van der Waals surface area (Å²) < 4.78 is 0. The van der Waals surface area contributed by atoms with E-state index in [2.05, 4.69) is 32.9 Å². The molecule has 2 aliphatic heterocycles. The zero-order chi connectivity index (χ0) is 15.2. The third-order valence-corrected chi connectivity index (χ3v) is 12.1. The average molecular weight is 321 g/mol. The normalized spacial score (nSPS) is 32.0. The van der Waals surface area contributed by atoms with Crippen molar-refractivity contribution in [2.75, 3.05) is 0 Å². The third kappa shape index (κ3) is 2.49. The molecule has 1 aromatic rings. The Kier molecular flexibility index (Phi) is 4.23. The number of carbonyl (C=O) groups is 1. The van der Waals surface area contributed by atoms with Gasteiger partial charge < -0.3 is 0 Å². The van der Waals surface area contributed by atoms with E-state index in [4.69, 9.17) is 12.2 Å². The van der Waals surface area contributed by atoms with E-state index in [0.29, 0.717) is 16.8 Å². The predicted molar refractivity (Wildman–Crippen MR) is 96.2 cm³/mol. The Morgan fingerprint density at radius 1 is 1.00 bits per heavy atom. The van der Waals surface area contributed by atoms with Gasteiger partial charge in [-0.15, -0.1) is 0 Å². The predicted octanol–water partition coefficient (Wildman–Crippen LogP) is 5.72. The molecule has 0 aliphatic carbocycles. The van der Waals surface area contributed by atoms with Crippen molar-refractivity contribution in [3.8, 4) is 0 Å². The van der Waals surface area contributed by atoms with Gasteiger partial charge in [0.1, 0.15) is 0 Å². The Morgan fingerprint density at radius 2 is 1.48 bits per heavy atom. The molecular weight excluding hydrogens is 295 g/mol. The molecule has 2 aliphatic rings. The van der Waals surface area contributed by atoms with Gasteiger partial charge in [0.05, 0.1) is 16.9 Å². The van der Waals surface area contributed by atoms with Gasteiger partial charge in [-0.25, -0.2) is 4.79 Å². The molecular formula is C18H26OPS+. The van der Waals surface area contributed by atoms with Gasteiger partial charge in [-0.1, -0.05) is 17.7 Å². The van der Waals surface area contributed by atoms with Crippen LogP contribution in [0.4, 0.5) is 0 Å². The number of benzene rings is 1. The molecule has 0 amide bonds. The molecule has 2 saturated heterocycles. The lowest BCUT2D eigenvalue weighted by molar-refractivity contribution is 0.107. The Bertz CT molecular complexity index is 544. The highest BCUT2D eigenvalue weighted by atomic mass is 32.7. The first-order valence-corrected chi connectivity index (χ1v) is 11.3. The van der Waals surface area contributed by atoms with Gasteiger partial charge in [0.15, 0.2) is 6.46 Å². The first-order valence-electron chi connectivity index (χ1n) is 8.18. The van der Waals surface area contributed by atoms with Crippen molar-refractivity contribution in [3.63, 3.8) is 0 Å². The minimum Gasteiger partial charge on any atom is -0.246 e. The fourth-order valence-corrected chi connectivity index (χ4v) is 10.4. The van der Waals surface area contributed by atoms with E-state index >= 15 is 0 Å². The fraction of sp³-hybridized carbons (Fsp3) is 0.611. The number of aryl methyl sites for hydroxylation is 3. The SMILES string of the molecule is Cc1cc(C)c(C(=O)[P+]2(S)C3CCCCC2CC3)c(C)c1. The second kappa shape index (κ2) is 5.70. The molecule has 2 fully saturated rings. The first-order chi connectivity index (χ1) is 9.94. The van der Waals surface area contributed by atoms with Crippen LogP contribution >= 0.6 is 18.7 Å². The van der Waals surface area contributed by atoms with Crippen LogP contribution in [0.1, 0.15) is 65.6 Å². The topological polar surface area (TPSA) is 17.1 Å². The number of hydrogen-bond donors (Lipinski definition) is 1. The molecule has 2 atom stereocenters. The van der Waals surface area contributed by atoms with Gasteiger partial charge in [-0.3, -0.25) is 0 Å². The molecule has 1 nitrogen and oxygen atoms in total. The molecule has 0 saturated carbocycles. The standard InChI is InChI=1S/C18H26OPS/c1-12-10-13(2)17(14(3)11-12)18(19)20(21)15-6-4-5-7-16(20)9-8-15/h10-11,15-16,21H,4-9H2,1-3H3/q+1. The monoisotopic (exact) mass is 321 g/mol. The molecule has 0 spiro atoms. The highest BCUT2D eigenvalue weighted by molar-refractivity contribution is 8.59. The van der Waals surface area contributed by atoms with Gasteiger partial charge in [-0.05, 0) is 70.4 Å². The van der Waals surface area contributed by atoms with Gasteiger partial charge in [0.2, 0.25) is 0 Å². The maximum atomic E-state index is 13.5. The molecule has 0 aromatic heterocycles.